The number of esters is 1. The second-order valence-electron chi connectivity index (χ2n) is 3.00. The van der Waals surface area contributed by atoms with Crippen LogP contribution in [0.5, 0.6) is 0 Å². The molecule has 0 radical (unpaired) electrons. The monoisotopic (exact) mass is 202 g/mol. The molecule has 1 aromatic carbocycles. The van der Waals surface area contributed by atoms with E-state index in [2.05, 4.69) is 9.84 Å². The summed E-state index contributed by atoms with van der Waals surface area (Å²) < 4.78 is 6.22. The van der Waals surface area contributed by atoms with Crippen LogP contribution in [0.2, 0.25) is 0 Å². The minimum Gasteiger partial charge on any atom is -0.465 e. The fourth-order valence-electron chi connectivity index (χ4n) is 1.27. The Kier molecular flexibility index (Phi) is 2.49. The number of aromatic nitrogens is 2. The Morgan fingerprint density at radius 3 is 2.73 bits per heavy atom. The Bertz CT molecular complexity index is 462. The van der Waals surface area contributed by atoms with Crippen LogP contribution in [0, 0.1) is 0 Å². The molecule has 0 amide bonds. The lowest BCUT2D eigenvalue weighted by Gasteiger charge is -1.98. The molecule has 0 aliphatic rings. The van der Waals surface area contributed by atoms with Gasteiger partial charge in [-0.25, -0.2) is 9.48 Å². The Hall–Kier alpha value is -2.10. The van der Waals surface area contributed by atoms with E-state index in [1.54, 1.807) is 10.9 Å². The smallest absolute Gasteiger partial charge is 0.341 e. The van der Waals surface area contributed by atoms with E-state index in [0.717, 1.165) is 5.69 Å². The first-order valence-corrected chi connectivity index (χ1v) is 4.49. The SMILES string of the molecule is COC(=O)c1cnn(-c2ccccc2)c1. The fourth-order valence-corrected chi connectivity index (χ4v) is 1.27. The Morgan fingerprint density at radius 1 is 1.33 bits per heavy atom. The number of hydrogen-bond donors (Lipinski definition) is 0. The molecular formula is C11H10N2O2. The van der Waals surface area contributed by atoms with E-state index in [0.29, 0.717) is 5.56 Å². The summed E-state index contributed by atoms with van der Waals surface area (Å²) >= 11 is 0. The van der Waals surface area contributed by atoms with Gasteiger partial charge < -0.3 is 4.74 Å². The van der Waals surface area contributed by atoms with Gasteiger partial charge >= 0.3 is 5.97 Å². The second kappa shape index (κ2) is 3.96. The van der Waals surface area contributed by atoms with Crippen molar-refractivity contribution in [1.29, 1.82) is 0 Å². The number of carbonyl (C=O) groups is 1. The Labute approximate surface area is 87.1 Å². The van der Waals surface area contributed by atoms with Crippen molar-refractivity contribution >= 4 is 5.97 Å². The topological polar surface area (TPSA) is 44.1 Å². The normalized spacial score (nSPS) is 9.93. The molecule has 4 nitrogen and oxygen atoms in total. The molecule has 2 aromatic rings. The predicted octanol–water partition coefficient (Wildman–Crippen LogP) is 1.66. The molecule has 4 heteroatoms. The molecule has 1 aromatic heterocycles. The zero-order valence-electron chi connectivity index (χ0n) is 8.25. The van der Waals surface area contributed by atoms with Crippen LogP contribution in [0.25, 0.3) is 5.69 Å². The van der Waals surface area contributed by atoms with Gasteiger partial charge in [0.15, 0.2) is 0 Å². The van der Waals surface area contributed by atoms with Crippen molar-refractivity contribution in [3.05, 3.63) is 48.3 Å². The summed E-state index contributed by atoms with van der Waals surface area (Å²) in [5, 5.41) is 4.07. The number of rotatable bonds is 2. The predicted molar refractivity (Wildman–Crippen MR) is 54.9 cm³/mol. The molecule has 76 valence electrons. The van der Waals surface area contributed by atoms with Gasteiger partial charge in [-0.1, -0.05) is 18.2 Å². The Balaban J connectivity index is 2.32. The van der Waals surface area contributed by atoms with Crippen LogP contribution < -0.4 is 0 Å². The number of benzene rings is 1. The van der Waals surface area contributed by atoms with Crippen molar-refractivity contribution in [3.63, 3.8) is 0 Å². The van der Waals surface area contributed by atoms with Gasteiger partial charge in [0.2, 0.25) is 0 Å². The molecule has 0 bridgehead atoms. The van der Waals surface area contributed by atoms with Gasteiger partial charge in [-0.15, -0.1) is 0 Å². The van der Waals surface area contributed by atoms with Gasteiger partial charge in [-0.2, -0.15) is 5.10 Å². The van der Waals surface area contributed by atoms with Crippen LogP contribution >= 0.6 is 0 Å². The van der Waals surface area contributed by atoms with Crippen molar-refractivity contribution in [3.8, 4) is 5.69 Å². The van der Waals surface area contributed by atoms with Crippen molar-refractivity contribution in [1.82, 2.24) is 9.78 Å². The average Bonchev–Trinajstić information content (AvgIpc) is 2.78. The van der Waals surface area contributed by atoms with E-state index in [4.69, 9.17) is 0 Å². The first-order valence-electron chi connectivity index (χ1n) is 4.49. The average molecular weight is 202 g/mol. The van der Waals surface area contributed by atoms with Crippen molar-refractivity contribution < 1.29 is 9.53 Å². The minimum absolute atomic E-state index is 0.378. The van der Waals surface area contributed by atoms with Crippen LogP contribution in [0.1, 0.15) is 10.4 Å². The van der Waals surface area contributed by atoms with E-state index in [9.17, 15) is 4.79 Å². The fraction of sp³-hybridized carbons (Fsp3) is 0.0909. The Morgan fingerprint density at radius 2 is 2.07 bits per heavy atom. The maximum atomic E-state index is 11.2. The third-order valence-corrected chi connectivity index (χ3v) is 2.02. The van der Waals surface area contributed by atoms with Crippen LogP contribution in [-0.2, 0) is 4.74 Å². The third kappa shape index (κ3) is 1.88. The largest absolute Gasteiger partial charge is 0.465 e. The zero-order chi connectivity index (χ0) is 10.7. The van der Waals surface area contributed by atoms with E-state index in [1.807, 2.05) is 30.3 Å². The number of methoxy groups -OCH3 is 1. The first kappa shape index (κ1) is 9.45. The molecule has 0 aliphatic heterocycles. The zero-order valence-corrected chi connectivity index (χ0v) is 8.25. The maximum Gasteiger partial charge on any atom is 0.341 e. The van der Waals surface area contributed by atoms with E-state index in [1.165, 1.54) is 13.3 Å². The van der Waals surface area contributed by atoms with Crippen LogP contribution in [-0.4, -0.2) is 22.9 Å². The molecular weight excluding hydrogens is 192 g/mol. The van der Waals surface area contributed by atoms with Gasteiger partial charge in [-0.3, -0.25) is 0 Å². The number of ether oxygens (including phenoxy) is 1. The summed E-state index contributed by atoms with van der Waals surface area (Å²) in [5.74, 6) is -0.378. The summed E-state index contributed by atoms with van der Waals surface area (Å²) in [6, 6.07) is 9.57. The molecule has 0 aliphatic carbocycles. The number of hydrogen-bond acceptors (Lipinski definition) is 3. The lowest BCUT2D eigenvalue weighted by Crippen LogP contribution is -1.99. The van der Waals surface area contributed by atoms with E-state index < -0.39 is 0 Å². The highest BCUT2D eigenvalue weighted by Crippen LogP contribution is 2.07. The highest BCUT2D eigenvalue weighted by Gasteiger charge is 2.08. The second-order valence-corrected chi connectivity index (χ2v) is 3.00. The molecule has 0 N–H and O–H groups in total. The standard InChI is InChI=1S/C11H10N2O2/c1-15-11(14)9-7-12-13(8-9)10-5-3-2-4-6-10/h2-8H,1H3. The van der Waals surface area contributed by atoms with Gasteiger partial charge in [0.1, 0.15) is 0 Å². The molecule has 0 saturated carbocycles. The van der Waals surface area contributed by atoms with Gasteiger partial charge in [0.05, 0.1) is 24.6 Å². The highest BCUT2D eigenvalue weighted by atomic mass is 16.5. The summed E-state index contributed by atoms with van der Waals surface area (Å²) in [5.41, 5.74) is 1.36. The molecule has 2 rings (SSSR count). The molecule has 0 unspecified atom stereocenters. The molecule has 1 heterocycles. The van der Waals surface area contributed by atoms with Crippen LogP contribution in [0.4, 0.5) is 0 Å². The van der Waals surface area contributed by atoms with Crippen LogP contribution in [0.15, 0.2) is 42.7 Å². The van der Waals surface area contributed by atoms with Gasteiger partial charge in [-0.05, 0) is 12.1 Å². The first-order chi connectivity index (χ1) is 7.31. The van der Waals surface area contributed by atoms with Gasteiger partial charge in [0.25, 0.3) is 0 Å². The van der Waals surface area contributed by atoms with Crippen LogP contribution in [0.3, 0.4) is 0 Å². The summed E-state index contributed by atoms with van der Waals surface area (Å²) in [6.07, 6.45) is 3.12. The number of para-hydroxylation sites is 1. The number of nitrogens with zero attached hydrogens (tertiary/aromatic N) is 2. The molecule has 0 fully saturated rings. The lowest BCUT2D eigenvalue weighted by atomic mass is 10.3. The van der Waals surface area contributed by atoms with Crippen molar-refractivity contribution in [2.75, 3.05) is 7.11 Å². The molecule has 15 heavy (non-hydrogen) atoms. The van der Waals surface area contributed by atoms with Crippen molar-refractivity contribution in [2.45, 2.75) is 0 Å². The minimum atomic E-state index is -0.378. The molecule has 0 spiro atoms. The molecule has 0 saturated heterocycles. The van der Waals surface area contributed by atoms with E-state index >= 15 is 0 Å². The van der Waals surface area contributed by atoms with E-state index in [-0.39, 0.29) is 5.97 Å². The summed E-state index contributed by atoms with van der Waals surface area (Å²) in [4.78, 5) is 11.2. The quantitative estimate of drug-likeness (QED) is 0.695. The number of carbonyl (C=O) groups excluding carboxylic acids is 1. The highest BCUT2D eigenvalue weighted by molar-refractivity contribution is 5.88. The third-order valence-electron chi connectivity index (χ3n) is 2.02. The van der Waals surface area contributed by atoms with Gasteiger partial charge in [0, 0.05) is 6.20 Å². The molecule has 0 atom stereocenters. The maximum absolute atomic E-state index is 11.2. The lowest BCUT2D eigenvalue weighted by molar-refractivity contribution is 0.0600. The summed E-state index contributed by atoms with van der Waals surface area (Å²) in [7, 11) is 1.35. The van der Waals surface area contributed by atoms with Crippen molar-refractivity contribution in [2.24, 2.45) is 0 Å². The summed E-state index contributed by atoms with van der Waals surface area (Å²) in [6.45, 7) is 0.